The van der Waals surface area contributed by atoms with Crippen molar-refractivity contribution >= 4 is 23.3 Å². The molecule has 4 atom stereocenters. The first kappa shape index (κ1) is 19.3. The van der Waals surface area contributed by atoms with Crippen LogP contribution in [0.15, 0.2) is 36.4 Å². The molecule has 3 aromatic rings. The second kappa shape index (κ2) is 6.02. The number of phenolic OH excluding ortho intramolecular Hbond substituents is 1. The number of rotatable bonds is 2. The van der Waals surface area contributed by atoms with Crippen LogP contribution in [0.4, 0.5) is 0 Å². The molecule has 2 bridgehead atoms. The Labute approximate surface area is 192 Å². The summed E-state index contributed by atoms with van der Waals surface area (Å²) in [4.78, 5) is 6.22. The molecule has 2 unspecified atom stereocenters. The third-order valence-corrected chi connectivity index (χ3v) is 9.07. The molecule has 3 heterocycles. The Hall–Kier alpha value is -2.21. The van der Waals surface area contributed by atoms with Crippen molar-refractivity contribution in [3.8, 4) is 11.5 Å². The van der Waals surface area contributed by atoms with Crippen LogP contribution in [0.2, 0.25) is 0 Å². The van der Waals surface area contributed by atoms with Crippen LogP contribution in [0.5, 0.6) is 11.5 Å². The van der Waals surface area contributed by atoms with Gasteiger partial charge in [-0.3, -0.25) is 4.90 Å². The van der Waals surface area contributed by atoms with E-state index in [9.17, 15) is 10.2 Å². The molecule has 8 rings (SSSR count). The summed E-state index contributed by atoms with van der Waals surface area (Å²) in [5, 5.41) is 24.6. The summed E-state index contributed by atoms with van der Waals surface area (Å²) in [6.45, 7) is 2.07. The van der Waals surface area contributed by atoms with Crippen LogP contribution in [0.1, 0.15) is 47.8 Å². The van der Waals surface area contributed by atoms with E-state index in [1.54, 1.807) is 6.07 Å². The van der Waals surface area contributed by atoms with Gasteiger partial charge in [-0.15, -0.1) is 12.4 Å². The summed E-state index contributed by atoms with van der Waals surface area (Å²) < 4.78 is 6.60. The number of H-pyrrole nitrogens is 1. The van der Waals surface area contributed by atoms with Crippen LogP contribution in [0.3, 0.4) is 0 Å². The standard InChI is InChI=1S/C26H26N2O3.ClH/c29-19-8-7-15-11-20-26(30)12-17-16-3-1-2-4-18(16)27-22(17)24-25(26,21(15)23(19)31-24)9-10-28(20)13-14-5-6-14;/h1-4,7-8,14,20,24,27,29-30H,5-6,9-13H2;1H/t20?,24-,25?,26+;/m0./s1. The molecule has 0 amide bonds. The van der Waals surface area contributed by atoms with E-state index < -0.39 is 11.0 Å². The highest BCUT2D eigenvalue weighted by molar-refractivity contribution is 5.86. The maximum Gasteiger partial charge on any atom is 0.166 e. The molecule has 5 aliphatic rings. The number of phenols is 1. The number of nitrogens with one attached hydrogen (secondary N) is 1. The quantitative estimate of drug-likeness (QED) is 0.552. The largest absolute Gasteiger partial charge is 0.504 e. The number of aromatic hydroxyl groups is 1. The molecule has 0 radical (unpaired) electrons. The van der Waals surface area contributed by atoms with Crippen molar-refractivity contribution in [1.29, 1.82) is 0 Å². The minimum atomic E-state index is -0.908. The van der Waals surface area contributed by atoms with Gasteiger partial charge < -0.3 is 19.9 Å². The smallest absolute Gasteiger partial charge is 0.166 e. The molecule has 1 saturated heterocycles. The molecule has 3 aliphatic carbocycles. The van der Waals surface area contributed by atoms with E-state index in [1.165, 1.54) is 29.4 Å². The number of para-hydroxylation sites is 1. The lowest BCUT2D eigenvalue weighted by molar-refractivity contribution is -0.173. The number of hydrogen-bond donors (Lipinski definition) is 3. The molecule has 5 nitrogen and oxygen atoms in total. The number of benzene rings is 2. The minimum absolute atomic E-state index is 0. The number of ether oxygens (including phenoxy) is 1. The lowest BCUT2D eigenvalue weighted by Gasteiger charge is -2.62. The first-order valence-electron chi connectivity index (χ1n) is 11.7. The van der Waals surface area contributed by atoms with Gasteiger partial charge in [-0.05, 0) is 61.4 Å². The van der Waals surface area contributed by atoms with Crippen molar-refractivity contribution in [3.63, 3.8) is 0 Å². The maximum atomic E-state index is 12.7. The predicted molar refractivity (Wildman–Crippen MR) is 124 cm³/mol. The molecule has 2 fully saturated rings. The van der Waals surface area contributed by atoms with E-state index in [1.807, 2.05) is 6.07 Å². The number of fused-ring (bicyclic) bond motifs is 4. The molecule has 6 heteroatoms. The molecular formula is C26H27ClN2O3. The summed E-state index contributed by atoms with van der Waals surface area (Å²) in [7, 11) is 0. The Morgan fingerprint density at radius 3 is 2.84 bits per heavy atom. The van der Waals surface area contributed by atoms with E-state index in [2.05, 4.69) is 34.1 Å². The average Bonchev–Trinajstić information content (AvgIpc) is 3.40. The van der Waals surface area contributed by atoms with Crippen LogP contribution >= 0.6 is 12.4 Å². The SMILES string of the molecule is Cl.Oc1ccc2c3c1O[C@H]1c4[nH]c5ccccc5c4C[C@@]4(O)C(C2)N(CC2CC2)CCC314. The zero-order valence-corrected chi connectivity index (χ0v) is 18.6. The number of nitrogens with zero attached hydrogens (tertiary/aromatic N) is 1. The molecule has 3 N–H and O–H groups in total. The van der Waals surface area contributed by atoms with Crippen LogP contribution in [0, 0.1) is 5.92 Å². The zero-order chi connectivity index (χ0) is 20.5. The third kappa shape index (κ3) is 2.04. The second-order valence-corrected chi connectivity index (χ2v) is 10.5. The molecular weight excluding hydrogens is 424 g/mol. The Morgan fingerprint density at radius 2 is 2.00 bits per heavy atom. The van der Waals surface area contributed by atoms with Gasteiger partial charge in [-0.1, -0.05) is 24.3 Å². The van der Waals surface area contributed by atoms with Crippen molar-refractivity contribution in [1.82, 2.24) is 9.88 Å². The van der Waals surface area contributed by atoms with Gasteiger partial charge in [0.25, 0.3) is 0 Å². The van der Waals surface area contributed by atoms with E-state index in [0.717, 1.165) is 48.6 Å². The van der Waals surface area contributed by atoms with Crippen molar-refractivity contribution in [3.05, 3.63) is 58.8 Å². The second-order valence-electron chi connectivity index (χ2n) is 10.5. The lowest BCUT2D eigenvalue weighted by Crippen LogP contribution is -2.74. The Bertz CT molecular complexity index is 1280. The van der Waals surface area contributed by atoms with Crippen LogP contribution in [-0.2, 0) is 18.3 Å². The summed E-state index contributed by atoms with van der Waals surface area (Å²) in [6.07, 6.45) is 4.66. The van der Waals surface area contributed by atoms with Gasteiger partial charge in [0.15, 0.2) is 17.6 Å². The first-order chi connectivity index (χ1) is 15.1. The fourth-order valence-corrected chi connectivity index (χ4v) is 7.57. The van der Waals surface area contributed by atoms with Gasteiger partial charge in [0.2, 0.25) is 0 Å². The number of aromatic amines is 1. The van der Waals surface area contributed by atoms with Crippen molar-refractivity contribution in [2.24, 2.45) is 5.92 Å². The molecule has 2 aromatic carbocycles. The van der Waals surface area contributed by atoms with Crippen LogP contribution in [-0.4, -0.2) is 44.8 Å². The minimum Gasteiger partial charge on any atom is -0.504 e. The van der Waals surface area contributed by atoms with E-state index >= 15 is 0 Å². The number of hydrogen-bond acceptors (Lipinski definition) is 4. The number of piperidine rings is 1. The van der Waals surface area contributed by atoms with Gasteiger partial charge >= 0.3 is 0 Å². The Kier molecular flexibility index (Phi) is 3.62. The molecule has 1 spiro atoms. The predicted octanol–water partition coefficient (Wildman–Crippen LogP) is 3.99. The number of likely N-dealkylation sites (tertiary alicyclic amines) is 1. The topological polar surface area (TPSA) is 68.7 Å². The van der Waals surface area contributed by atoms with Crippen molar-refractivity contribution < 1.29 is 14.9 Å². The van der Waals surface area contributed by atoms with E-state index in [0.29, 0.717) is 12.2 Å². The average molecular weight is 451 g/mol. The van der Waals surface area contributed by atoms with Gasteiger partial charge in [-0.25, -0.2) is 0 Å². The highest BCUT2D eigenvalue weighted by atomic mass is 35.5. The van der Waals surface area contributed by atoms with E-state index in [-0.39, 0.29) is 30.3 Å². The number of aliphatic hydroxyl groups is 1. The number of halogens is 1. The summed E-state index contributed by atoms with van der Waals surface area (Å²) >= 11 is 0. The summed E-state index contributed by atoms with van der Waals surface area (Å²) in [5.74, 6) is 1.58. The van der Waals surface area contributed by atoms with Crippen LogP contribution in [0.25, 0.3) is 10.9 Å². The molecule has 2 aliphatic heterocycles. The maximum absolute atomic E-state index is 12.7. The number of aromatic nitrogens is 1. The molecule has 1 saturated carbocycles. The van der Waals surface area contributed by atoms with Crippen molar-refractivity contribution in [2.45, 2.75) is 55.3 Å². The third-order valence-electron chi connectivity index (χ3n) is 9.07. The fraction of sp³-hybridized carbons (Fsp3) is 0.462. The highest BCUT2D eigenvalue weighted by Gasteiger charge is 2.72. The summed E-state index contributed by atoms with van der Waals surface area (Å²) in [5.41, 5.74) is 4.27. The molecule has 32 heavy (non-hydrogen) atoms. The van der Waals surface area contributed by atoms with Crippen molar-refractivity contribution in [2.75, 3.05) is 13.1 Å². The molecule has 166 valence electrons. The van der Waals surface area contributed by atoms with Gasteiger partial charge in [0.05, 0.1) is 16.7 Å². The van der Waals surface area contributed by atoms with Crippen LogP contribution < -0.4 is 4.74 Å². The normalized spacial score (nSPS) is 33.9. The van der Waals surface area contributed by atoms with Gasteiger partial charge in [-0.2, -0.15) is 0 Å². The van der Waals surface area contributed by atoms with Gasteiger partial charge in [0, 0.05) is 35.5 Å². The lowest BCUT2D eigenvalue weighted by atomic mass is 9.49. The zero-order valence-electron chi connectivity index (χ0n) is 17.8. The monoisotopic (exact) mass is 450 g/mol. The summed E-state index contributed by atoms with van der Waals surface area (Å²) in [6, 6.07) is 12.3. The Balaban J connectivity index is 0.00000180. The fourth-order valence-electron chi connectivity index (χ4n) is 7.57. The van der Waals surface area contributed by atoms with E-state index in [4.69, 9.17) is 4.74 Å². The molecule has 1 aromatic heterocycles. The first-order valence-corrected chi connectivity index (χ1v) is 11.7. The Morgan fingerprint density at radius 1 is 1.16 bits per heavy atom. The highest BCUT2D eigenvalue weighted by Crippen LogP contribution is 2.69. The van der Waals surface area contributed by atoms with Gasteiger partial charge in [0.1, 0.15) is 0 Å².